The van der Waals surface area contributed by atoms with Gasteiger partial charge in [0.15, 0.2) is 6.35 Å². The maximum absolute atomic E-state index is 12.2. The van der Waals surface area contributed by atoms with E-state index in [0.29, 0.717) is 0 Å². The van der Waals surface area contributed by atoms with Crippen molar-refractivity contribution in [2.75, 3.05) is 13.0 Å². The molecular formula is C10H23O6P. The second kappa shape index (κ2) is 8.19. The fourth-order valence-corrected chi connectivity index (χ4v) is 2.64. The van der Waals surface area contributed by atoms with Crippen LogP contribution in [0.1, 0.15) is 34.6 Å². The summed E-state index contributed by atoms with van der Waals surface area (Å²) in [5.74, 6) is 0. The average molecular weight is 270 g/mol. The van der Waals surface area contributed by atoms with E-state index in [4.69, 9.17) is 19.0 Å². The summed E-state index contributed by atoms with van der Waals surface area (Å²) in [5, 5.41) is 8.94. The fraction of sp³-hybridized carbons (Fsp3) is 1.00. The molecule has 7 heteroatoms. The van der Waals surface area contributed by atoms with E-state index in [1.54, 1.807) is 34.6 Å². The molecule has 1 N–H and O–H groups in total. The topological polar surface area (TPSA) is 74.2 Å². The predicted molar refractivity (Wildman–Crippen MR) is 63.6 cm³/mol. The van der Waals surface area contributed by atoms with Gasteiger partial charge in [0, 0.05) is 0 Å². The Morgan fingerprint density at radius 1 is 1.00 bits per heavy atom. The molecule has 0 saturated heterocycles. The molecule has 0 spiro atoms. The van der Waals surface area contributed by atoms with Crippen molar-refractivity contribution in [2.24, 2.45) is 0 Å². The first kappa shape index (κ1) is 17.0. The lowest BCUT2D eigenvalue weighted by molar-refractivity contribution is -0.293. The summed E-state index contributed by atoms with van der Waals surface area (Å²) in [6.45, 7) is 8.58. The maximum atomic E-state index is 12.2. The molecule has 0 aromatic carbocycles. The lowest BCUT2D eigenvalue weighted by atomic mass is 10.5. The molecule has 0 fully saturated rings. The lowest BCUT2D eigenvalue weighted by Gasteiger charge is -2.22. The molecule has 0 aliphatic heterocycles. The normalized spacial score (nSPS) is 14.6. The van der Waals surface area contributed by atoms with Gasteiger partial charge < -0.3 is 14.2 Å². The van der Waals surface area contributed by atoms with Crippen LogP contribution in [0.2, 0.25) is 0 Å². The molecule has 0 radical (unpaired) electrons. The van der Waals surface area contributed by atoms with E-state index >= 15 is 0 Å². The maximum Gasteiger partial charge on any atom is 0.359 e. The molecule has 0 aromatic rings. The Balaban J connectivity index is 4.15. The summed E-state index contributed by atoms with van der Waals surface area (Å²) in [5.41, 5.74) is 0. The van der Waals surface area contributed by atoms with Gasteiger partial charge >= 0.3 is 7.60 Å². The standard InChI is InChI=1S/C10H23O6P/c1-8(2)15-17(12,16-9(3)4)7-14-13-6-10(5)11/h8-11H,6-7H2,1-5H3. The van der Waals surface area contributed by atoms with Crippen LogP contribution < -0.4 is 0 Å². The van der Waals surface area contributed by atoms with Crippen molar-refractivity contribution in [1.29, 1.82) is 0 Å². The first-order chi connectivity index (χ1) is 7.75. The highest BCUT2D eigenvalue weighted by Crippen LogP contribution is 2.50. The third-order valence-electron chi connectivity index (χ3n) is 1.35. The van der Waals surface area contributed by atoms with Crippen LogP contribution in [0.4, 0.5) is 0 Å². The van der Waals surface area contributed by atoms with Crippen LogP contribution in [0, 0.1) is 0 Å². The van der Waals surface area contributed by atoms with Gasteiger partial charge in [0.25, 0.3) is 0 Å². The Hall–Kier alpha value is 0.0300. The Bertz CT molecular complexity index is 227. The van der Waals surface area contributed by atoms with Crippen molar-refractivity contribution in [3.05, 3.63) is 0 Å². The van der Waals surface area contributed by atoms with Gasteiger partial charge in [0.1, 0.15) is 6.61 Å². The van der Waals surface area contributed by atoms with Crippen LogP contribution in [-0.4, -0.2) is 36.4 Å². The molecule has 0 saturated carbocycles. The largest absolute Gasteiger partial charge is 0.391 e. The zero-order valence-corrected chi connectivity index (χ0v) is 12.0. The van der Waals surface area contributed by atoms with E-state index in [1.165, 1.54) is 0 Å². The van der Waals surface area contributed by atoms with Gasteiger partial charge in [-0.05, 0) is 34.6 Å². The number of aliphatic hydroxyl groups excluding tert-OH is 1. The Morgan fingerprint density at radius 3 is 1.82 bits per heavy atom. The van der Waals surface area contributed by atoms with E-state index in [2.05, 4.69) is 4.89 Å². The highest BCUT2D eigenvalue weighted by Gasteiger charge is 2.28. The molecule has 1 atom stereocenters. The summed E-state index contributed by atoms with van der Waals surface area (Å²) >= 11 is 0. The lowest BCUT2D eigenvalue weighted by Crippen LogP contribution is -2.14. The van der Waals surface area contributed by atoms with Gasteiger partial charge in [-0.25, -0.2) is 9.78 Å². The van der Waals surface area contributed by atoms with Crippen LogP contribution in [0.15, 0.2) is 0 Å². The first-order valence-electron chi connectivity index (χ1n) is 5.63. The van der Waals surface area contributed by atoms with Gasteiger partial charge in [-0.3, -0.25) is 4.57 Å². The average Bonchev–Trinajstić information content (AvgIpc) is 2.09. The van der Waals surface area contributed by atoms with Crippen molar-refractivity contribution < 1.29 is 28.5 Å². The van der Waals surface area contributed by atoms with Crippen molar-refractivity contribution in [3.8, 4) is 0 Å². The van der Waals surface area contributed by atoms with Crippen LogP contribution in [-0.2, 0) is 23.4 Å². The van der Waals surface area contributed by atoms with Crippen molar-refractivity contribution in [3.63, 3.8) is 0 Å². The van der Waals surface area contributed by atoms with E-state index < -0.39 is 13.7 Å². The monoisotopic (exact) mass is 270 g/mol. The second-order valence-electron chi connectivity index (χ2n) is 4.30. The van der Waals surface area contributed by atoms with Gasteiger partial charge in [-0.2, -0.15) is 0 Å². The molecule has 17 heavy (non-hydrogen) atoms. The Morgan fingerprint density at radius 2 is 1.47 bits per heavy atom. The first-order valence-corrected chi connectivity index (χ1v) is 7.36. The van der Waals surface area contributed by atoms with Crippen molar-refractivity contribution >= 4 is 7.60 Å². The molecule has 1 unspecified atom stereocenters. The quantitative estimate of drug-likeness (QED) is 0.300. The molecular weight excluding hydrogens is 247 g/mol. The molecule has 6 nitrogen and oxygen atoms in total. The minimum atomic E-state index is -3.32. The summed E-state index contributed by atoms with van der Waals surface area (Å²) in [6.07, 6.45) is -1.41. The van der Waals surface area contributed by atoms with Crippen molar-refractivity contribution in [2.45, 2.75) is 52.9 Å². The smallest absolute Gasteiger partial charge is 0.359 e. The van der Waals surface area contributed by atoms with Gasteiger partial charge in [-0.15, -0.1) is 0 Å². The zero-order chi connectivity index (χ0) is 13.5. The second-order valence-corrected chi connectivity index (χ2v) is 6.20. The number of hydrogen-bond acceptors (Lipinski definition) is 6. The summed E-state index contributed by atoms with van der Waals surface area (Å²) in [6, 6.07) is 0. The minimum Gasteiger partial charge on any atom is -0.391 e. The fourth-order valence-electron chi connectivity index (χ4n) is 0.977. The third kappa shape index (κ3) is 9.71. The Labute approximate surface area is 103 Å². The molecule has 104 valence electrons. The molecule has 0 amide bonds. The van der Waals surface area contributed by atoms with E-state index in [-0.39, 0.29) is 25.2 Å². The predicted octanol–water partition coefficient (Wildman–Crippen LogP) is 2.32. The van der Waals surface area contributed by atoms with E-state index in [1.807, 2.05) is 0 Å². The van der Waals surface area contributed by atoms with Gasteiger partial charge in [0.2, 0.25) is 0 Å². The third-order valence-corrected chi connectivity index (χ3v) is 3.25. The number of rotatable bonds is 9. The highest BCUT2D eigenvalue weighted by atomic mass is 31.2. The van der Waals surface area contributed by atoms with Crippen molar-refractivity contribution in [1.82, 2.24) is 0 Å². The van der Waals surface area contributed by atoms with E-state index in [0.717, 1.165) is 0 Å². The SMILES string of the molecule is CC(O)COOCP(=O)(OC(C)C)OC(C)C. The van der Waals surface area contributed by atoms with E-state index in [9.17, 15) is 4.57 Å². The zero-order valence-electron chi connectivity index (χ0n) is 11.1. The number of aliphatic hydroxyl groups is 1. The van der Waals surface area contributed by atoms with Crippen LogP contribution in [0.5, 0.6) is 0 Å². The molecule has 0 heterocycles. The molecule has 0 rings (SSSR count). The highest BCUT2D eigenvalue weighted by molar-refractivity contribution is 7.53. The van der Waals surface area contributed by atoms with Crippen LogP contribution in [0.25, 0.3) is 0 Å². The van der Waals surface area contributed by atoms with Crippen LogP contribution >= 0.6 is 7.60 Å². The minimum absolute atomic E-state index is 0.00333. The van der Waals surface area contributed by atoms with Crippen LogP contribution in [0.3, 0.4) is 0 Å². The molecule has 0 aliphatic rings. The molecule has 0 bridgehead atoms. The molecule has 0 aromatic heterocycles. The number of hydrogen-bond donors (Lipinski definition) is 1. The van der Waals surface area contributed by atoms with Gasteiger partial charge in [0.05, 0.1) is 18.3 Å². The Kier molecular flexibility index (Phi) is 8.20. The summed E-state index contributed by atoms with van der Waals surface area (Å²) < 4.78 is 22.6. The molecule has 0 aliphatic carbocycles. The van der Waals surface area contributed by atoms with Gasteiger partial charge in [-0.1, -0.05) is 0 Å². The summed E-state index contributed by atoms with van der Waals surface area (Å²) in [4.78, 5) is 9.41. The summed E-state index contributed by atoms with van der Waals surface area (Å²) in [7, 11) is -3.32.